The summed E-state index contributed by atoms with van der Waals surface area (Å²) in [5.74, 6) is -0.210. The quantitative estimate of drug-likeness (QED) is 0.728. The zero-order valence-corrected chi connectivity index (χ0v) is 11.8. The maximum Gasteiger partial charge on any atom is 0.237 e. The molecule has 0 aliphatic carbocycles. The normalized spacial score (nSPS) is 16.7. The first-order valence-electron chi connectivity index (χ1n) is 6.94. The summed E-state index contributed by atoms with van der Waals surface area (Å²) in [5, 5.41) is 9.55. The average Bonchev–Trinajstić information content (AvgIpc) is 3.24. The average molecular weight is 310 g/mol. The van der Waals surface area contributed by atoms with Crippen LogP contribution in [0.25, 0.3) is 11.5 Å². The smallest absolute Gasteiger partial charge is 0.237 e. The van der Waals surface area contributed by atoms with Crippen molar-refractivity contribution in [3.05, 3.63) is 54.0 Å². The number of furan rings is 1. The van der Waals surface area contributed by atoms with E-state index in [-0.39, 0.29) is 5.91 Å². The highest BCUT2D eigenvalue weighted by Gasteiger charge is 2.29. The molecule has 6 nitrogen and oxygen atoms in total. The number of aromatic nitrogens is 2. The number of halogens is 1. The van der Waals surface area contributed by atoms with E-state index < -0.39 is 11.7 Å². The number of nitrogens with one attached hydrogen (secondary N) is 2. The summed E-state index contributed by atoms with van der Waals surface area (Å²) in [7, 11) is 0. The maximum atomic E-state index is 13.4. The zero-order chi connectivity index (χ0) is 15.8. The first kappa shape index (κ1) is 13.4. The Bertz CT molecular complexity index is 899. The predicted molar refractivity (Wildman–Crippen MR) is 82.2 cm³/mol. The molecule has 0 saturated carbocycles. The van der Waals surface area contributed by atoms with Gasteiger partial charge in [0.05, 0.1) is 6.26 Å². The third-order valence-corrected chi connectivity index (χ3v) is 3.60. The molecule has 0 bridgehead atoms. The van der Waals surface area contributed by atoms with E-state index in [1.54, 1.807) is 30.5 Å². The van der Waals surface area contributed by atoms with E-state index in [0.29, 0.717) is 28.5 Å². The van der Waals surface area contributed by atoms with Crippen LogP contribution in [-0.2, 0) is 4.79 Å². The molecule has 1 aliphatic rings. The number of aliphatic imine (C=N–C) groups is 1. The van der Waals surface area contributed by atoms with Crippen molar-refractivity contribution in [2.24, 2.45) is 4.99 Å². The molecule has 2 N–H and O–H groups in total. The van der Waals surface area contributed by atoms with E-state index >= 15 is 0 Å². The predicted octanol–water partition coefficient (Wildman–Crippen LogP) is 3.25. The van der Waals surface area contributed by atoms with Gasteiger partial charge in [0.25, 0.3) is 0 Å². The second kappa shape index (κ2) is 5.20. The van der Waals surface area contributed by atoms with Crippen molar-refractivity contribution in [1.29, 1.82) is 0 Å². The van der Waals surface area contributed by atoms with E-state index in [4.69, 9.17) is 4.42 Å². The number of benzene rings is 1. The number of aromatic amines is 1. The number of carbonyl (C=O) groups is 1. The van der Waals surface area contributed by atoms with Gasteiger partial charge in [-0.3, -0.25) is 9.89 Å². The van der Waals surface area contributed by atoms with Crippen molar-refractivity contribution in [1.82, 2.24) is 10.2 Å². The minimum Gasteiger partial charge on any atom is -0.463 e. The van der Waals surface area contributed by atoms with Crippen molar-refractivity contribution < 1.29 is 13.6 Å². The van der Waals surface area contributed by atoms with E-state index in [9.17, 15) is 9.18 Å². The number of rotatable bonds is 3. The van der Waals surface area contributed by atoms with Gasteiger partial charge in [-0.25, -0.2) is 9.38 Å². The summed E-state index contributed by atoms with van der Waals surface area (Å²) in [6, 6.07) is 9.46. The highest BCUT2D eigenvalue weighted by molar-refractivity contribution is 6.12. The summed E-state index contributed by atoms with van der Waals surface area (Å²) >= 11 is 0. The SMILES string of the molecule is O=C1Nc2ccc(F)cc2C1C=Nc1cc(-c2ccco2)[nH]n1. The Morgan fingerprint density at radius 3 is 3.04 bits per heavy atom. The van der Waals surface area contributed by atoms with Gasteiger partial charge in [0.2, 0.25) is 5.91 Å². The lowest BCUT2D eigenvalue weighted by molar-refractivity contribution is -0.115. The first-order valence-corrected chi connectivity index (χ1v) is 6.94. The number of nitrogens with zero attached hydrogens (tertiary/aromatic N) is 2. The molecule has 1 aromatic carbocycles. The van der Waals surface area contributed by atoms with Crippen LogP contribution in [0.3, 0.4) is 0 Å². The number of hydrogen-bond acceptors (Lipinski definition) is 4. The topological polar surface area (TPSA) is 83.3 Å². The molecule has 1 atom stereocenters. The zero-order valence-electron chi connectivity index (χ0n) is 11.8. The van der Waals surface area contributed by atoms with Crippen LogP contribution in [0.4, 0.5) is 15.9 Å². The van der Waals surface area contributed by atoms with E-state index in [2.05, 4.69) is 20.5 Å². The van der Waals surface area contributed by atoms with Gasteiger partial charge in [-0.15, -0.1) is 0 Å². The van der Waals surface area contributed by atoms with Crippen LogP contribution in [0, 0.1) is 5.82 Å². The molecule has 2 aromatic heterocycles. The van der Waals surface area contributed by atoms with Crippen LogP contribution in [0.1, 0.15) is 11.5 Å². The van der Waals surface area contributed by atoms with Crippen LogP contribution in [0.5, 0.6) is 0 Å². The largest absolute Gasteiger partial charge is 0.463 e. The van der Waals surface area contributed by atoms with Crippen LogP contribution in [0.15, 0.2) is 52.1 Å². The molecule has 1 aliphatic heterocycles. The summed E-state index contributed by atoms with van der Waals surface area (Å²) in [4.78, 5) is 16.2. The molecular formula is C16H11FN4O2. The second-order valence-electron chi connectivity index (χ2n) is 5.09. The van der Waals surface area contributed by atoms with E-state index in [1.807, 2.05) is 0 Å². The Kier molecular flexibility index (Phi) is 3.04. The van der Waals surface area contributed by atoms with Crippen molar-refractivity contribution >= 4 is 23.6 Å². The summed E-state index contributed by atoms with van der Waals surface area (Å²) in [5.41, 5.74) is 1.86. The van der Waals surface area contributed by atoms with Gasteiger partial charge in [0.1, 0.15) is 17.4 Å². The Labute approximate surface area is 130 Å². The number of fused-ring (bicyclic) bond motifs is 1. The molecule has 0 fully saturated rings. The molecule has 23 heavy (non-hydrogen) atoms. The number of anilines is 1. The fraction of sp³-hybridized carbons (Fsp3) is 0.0625. The number of hydrogen-bond donors (Lipinski definition) is 2. The fourth-order valence-corrected chi connectivity index (χ4v) is 2.49. The Morgan fingerprint density at radius 1 is 1.30 bits per heavy atom. The molecule has 0 saturated heterocycles. The van der Waals surface area contributed by atoms with Gasteiger partial charge in [0.15, 0.2) is 11.6 Å². The highest BCUT2D eigenvalue weighted by atomic mass is 19.1. The lowest BCUT2D eigenvalue weighted by atomic mass is 10.0. The van der Waals surface area contributed by atoms with Crippen LogP contribution in [-0.4, -0.2) is 22.3 Å². The first-order chi connectivity index (χ1) is 11.2. The molecule has 7 heteroatoms. The molecule has 4 rings (SSSR count). The van der Waals surface area contributed by atoms with Gasteiger partial charge in [0, 0.05) is 18.0 Å². The Balaban J connectivity index is 1.60. The van der Waals surface area contributed by atoms with Crippen LogP contribution in [0.2, 0.25) is 0 Å². The molecule has 1 amide bonds. The molecule has 114 valence electrons. The lowest BCUT2D eigenvalue weighted by Gasteiger charge is -2.01. The molecular weight excluding hydrogens is 299 g/mol. The van der Waals surface area contributed by atoms with Gasteiger partial charge < -0.3 is 9.73 Å². The van der Waals surface area contributed by atoms with E-state index in [1.165, 1.54) is 18.3 Å². The van der Waals surface area contributed by atoms with Crippen molar-refractivity contribution in [2.75, 3.05) is 5.32 Å². The molecule has 3 aromatic rings. The second-order valence-corrected chi connectivity index (χ2v) is 5.09. The van der Waals surface area contributed by atoms with Crippen LogP contribution >= 0.6 is 0 Å². The maximum absolute atomic E-state index is 13.4. The molecule has 0 radical (unpaired) electrons. The van der Waals surface area contributed by atoms with Crippen molar-refractivity contribution in [3.8, 4) is 11.5 Å². The summed E-state index contributed by atoms with van der Waals surface area (Å²) in [6.45, 7) is 0. The van der Waals surface area contributed by atoms with Gasteiger partial charge in [-0.1, -0.05) is 0 Å². The van der Waals surface area contributed by atoms with Gasteiger partial charge in [-0.05, 0) is 35.9 Å². The molecule has 3 heterocycles. The van der Waals surface area contributed by atoms with Crippen molar-refractivity contribution in [3.63, 3.8) is 0 Å². The third-order valence-electron chi connectivity index (χ3n) is 3.60. The lowest BCUT2D eigenvalue weighted by Crippen LogP contribution is -2.12. The monoisotopic (exact) mass is 310 g/mol. The van der Waals surface area contributed by atoms with Gasteiger partial charge >= 0.3 is 0 Å². The standard InChI is InChI=1S/C16H11FN4O2/c17-9-3-4-12-10(6-9)11(16(22)19-12)8-18-15-7-13(20-21-15)14-2-1-5-23-14/h1-8,11H,(H,19,22)(H,20,21). The number of carbonyl (C=O) groups excluding carboxylic acids is 1. The van der Waals surface area contributed by atoms with Crippen molar-refractivity contribution in [2.45, 2.75) is 5.92 Å². The Morgan fingerprint density at radius 2 is 2.22 bits per heavy atom. The van der Waals surface area contributed by atoms with Gasteiger partial charge in [-0.2, -0.15) is 5.10 Å². The Hall–Kier alpha value is -3.22. The number of H-pyrrole nitrogens is 1. The third kappa shape index (κ3) is 2.42. The summed E-state index contributed by atoms with van der Waals surface area (Å²) < 4.78 is 18.6. The van der Waals surface area contributed by atoms with E-state index in [0.717, 1.165) is 0 Å². The van der Waals surface area contributed by atoms with Crippen LogP contribution < -0.4 is 5.32 Å². The highest BCUT2D eigenvalue weighted by Crippen LogP contribution is 2.32. The molecule has 1 unspecified atom stereocenters. The minimum atomic E-state index is -0.635. The fourth-order valence-electron chi connectivity index (χ4n) is 2.49. The molecule has 0 spiro atoms. The minimum absolute atomic E-state index is 0.240. The summed E-state index contributed by atoms with van der Waals surface area (Å²) in [6.07, 6.45) is 3.02. The number of amides is 1.